The summed E-state index contributed by atoms with van der Waals surface area (Å²) in [7, 11) is 0. The first-order valence-corrected chi connectivity index (χ1v) is 5.92. The van der Waals surface area contributed by atoms with Crippen molar-refractivity contribution in [3.05, 3.63) is 35.4 Å². The molecule has 1 aromatic rings. The Morgan fingerprint density at radius 3 is 2.76 bits per heavy atom. The van der Waals surface area contributed by atoms with Gasteiger partial charge in [0, 0.05) is 18.7 Å². The quantitative estimate of drug-likeness (QED) is 0.802. The molecular weight excluding hydrogens is 224 g/mol. The van der Waals surface area contributed by atoms with Gasteiger partial charge in [-0.1, -0.05) is 18.2 Å². The van der Waals surface area contributed by atoms with E-state index in [0.717, 1.165) is 18.4 Å². The van der Waals surface area contributed by atoms with Crippen molar-refractivity contribution in [1.82, 2.24) is 5.32 Å². The highest BCUT2D eigenvalue weighted by Crippen LogP contribution is 2.32. The van der Waals surface area contributed by atoms with Crippen molar-refractivity contribution in [2.24, 2.45) is 5.92 Å². The van der Waals surface area contributed by atoms with Crippen LogP contribution in [0.15, 0.2) is 24.3 Å². The maximum atomic E-state index is 12.5. The number of alkyl halides is 2. The summed E-state index contributed by atoms with van der Waals surface area (Å²) >= 11 is 0. The zero-order valence-corrected chi connectivity index (χ0v) is 9.57. The summed E-state index contributed by atoms with van der Waals surface area (Å²) in [6.07, 6.45) is -0.520. The van der Waals surface area contributed by atoms with Crippen molar-refractivity contribution < 1.29 is 13.9 Å². The molecule has 94 valence electrons. The van der Waals surface area contributed by atoms with Gasteiger partial charge in [-0.05, 0) is 30.4 Å². The van der Waals surface area contributed by atoms with Crippen LogP contribution in [-0.2, 0) is 6.54 Å². The van der Waals surface area contributed by atoms with Gasteiger partial charge in [0.05, 0.1) is 6.10 Å². The fourth-order valence-corrected chi connectivity index (χ4v) is 1.85. The van der Waals surface area contributed by atoms with E-state index in [4.69, 9.17) is 0 Å². The second kappa shape index (κ2) is 5.56. The highest BCUT2D eigenvalue weighted by molar-refractivity contribution is 5.24. The lowest BCUT2D eigenvalue weighted by Crippen LogP contribution is -2.27. The average Bonchev–Trinajstić information content (AvgIpc) is 3.13. The lowest BCUT2D eigenvalue weighted by Gasteiger charge is -2.11. The van der Waals surface area contributed by atoms with Crippen LogP contribution in [0.2, 0.25) is 0 Å². The van der Waals surface area contributed by atoms with Crippen molar-refractivity contribution in [3.8, 4) is 0 Å². The molecule has 1 aliphatic carbocycles. The van der Waals surface area contributed by atoms with Gasteiger partial charge in [0.15, 0.2) is 0 Å². The molecule has 0 radical (unpaired) electrons. The number of halogens is 2. The maximum absolute atomic E-state index is 12.5. The zero-order chi connectivity index (χ0) is 12.3. The monoisotopic (exact) mass is 241 g/mol. The van der Waals surface area contributed by atoms with Gasteiger partial charge < -0.3 is 10.4 Å². The Morgan fingerprint density at radius 1 is 1.35 bits per heavy atom. The zero-order valence-electron chi connectivity index (χ0n) is 9.57. The Morgan fingerprint density at radius 2 is 2.12 bits per heavy atom. The highest BCUT2D eigenvalue weighted by atomic mass is 19.3. The van der Waals surface area contributed by atoms with Gasteiger partial charge in [-0.15, -0.1) is 0 Å². The molecule has 1 fully saturated rings. The Bertz CT molecular complexity index is 366. The van der Waals surface area contributed by atoms with Crippen molar-refractivity contribution in [2.75, 3.05) is 6.54 Å². The van der Waals surface area contributed by atoms with Crippen LogP contribution in [0.25, 0.3) is 0 Å². The molecule has 1 unspecified atom stereocenters. The SMILES string of the molecule is OC(CNCc1cccc(C(F)F)c1)C1CC1. The standard InChI is InChI=1S/C13H17F2NO/c14-13(15)11-3-1-2-9(6-11)7-16-8-12(17)10-4-5-10/h1-3,6,10,12-13,16-17H,4-5,7-8H2. The van der Waals surface area contributed by atoms with Crippen LogP contribution in [0.4, 0.5) is 8.78 Å². The fourth-order valence-electron chi connectivity index (χ4n) is 1.85. The average molecular weight is 241 g/mol. The highest BCUT2D eigenvalue weighted by Gasteiger charge is 2.28. The van der Waals surface area contributed by atoms with E-state index in [-0.39, 0.29) is 11.7 Å². The molecule has 1 aromatic carbocycles. The van der Waals surface area contributed by atoms with Crippen molar-refractivity contribution >= 4 is 0 Å². The molecule has 2 nitrogen and oxygen atoms in total. The lowest BCUT2D eigenvalue weighted by atomic mass is 10.1. The topological polar surface area (TPSA) is 32.3 Å². The second-order valence-electron chi connectivity index (χ2n) is 4.58. The van der Waals surface area contributed by atoms with Gasteiger partial charge >= 0.3 is 0 Å². The van der Waals surface area contributed by atoms with Crippen LogP contribution in [0.1, 0.15) is 30.4 Å². The molecule has 0 spiro atoms. The van der Waals surface area contributed by atoms with E-state index in [1.807, 2.05) is 6.07 Å². The maximum Gasteiger partial charge on any atom is 0.263 e. The Balaban J connectivity index is 1.79. The Hall–Kier alpha value is -1.00. The van der Waals surface area contributed by atoms with E-state index < -0.39 is 6.43 Å². The van der Waals surface area contributed by atoms with Gasteiger partial charge in [0.1, 0.15) is 0 Å². The molecule has 2 rings (SSSR count). The van der Waals surface area contributed by atoms with Crippen LogP contribution in [0, 0.1) is 5.92 Å². The third-order valence-corrected chi connectivity index (χ3v) is 3.05. The van der Waals surface area contributed by atoms with Gasteiger partial charge in [0.25, 0.3) is 6.43 Å². The Labute approximate surface area is 99.7 Å². The molecule has 0 heterocycles. The van der Waals surface area contributed by atoms with Crippen LogP contribution in [0.5, 0.6) is 0 Å². The summed E-state index contributed by atoms with van der Waals surface area (Å²) in [5.41, 5.74) is 0.873. The summed E-state index contributed by atoms with van der Waals surface area (Å²) in [5.74, 6) is 0.440. The minimum absolute atomic E-state index is 0.0482. The number of nitrogens with one attached hydrogen (secondary N) is 1. The summed E-state index contributed by atoms with van der Waals surface area (Å²) in [6, 6.07) is 6.37. The van der Waals surface area contributed by atoms with Gasteiger partial charge in [0.2, 0.25) is 0 Å². The van der Waals surface area contributed by atoms with E-state index in [1.54, 1.807) is 6.07 Å². The molecule has 0 saturated heterocycles. The Kier molecular flexibility index (Phi) is 4.07. The van der Waals surface area contributed by atoms with Crippen LogP contribution in [0.3, 0.4) is 0 Å². The van der Waals surface area contributed by atoms with E-state index in [2.05, 4.69) is 5.32 Å². The normalized spacial score (nSPS) is 17.4. The predicted molar refractivity (Wildman–Crippen MR) is 61.8 cm³/mol. The molecule has 1 aliphatic rings. The number of aliphatic hydroxyl groups excluding tert-OH is 1. The first-order valence-electron chi connectivity index (χ1n) is 5.92. The van der Waals surface area contributed by atoms with E-state index >= 15 is 0 Å². The van der Waals surface area contributed by atoms with Crippen LogP contribution >= 0.6 is 0 Å². The van der Waals surface area contributed by atoms with Crippen molar-refractivity contribution in [2.45, 2.75) is 31.9 Å². The molecule has 17 heavy (non-hydrogen) atoms. The molecular formula is C13H17F2NO. The first-order chi connectivity index (χ1) is 8.16. The number of aliphatic hydroxyl groups is 1. The van der Waals surface area contributed by atoms with Gasteiger partial charge in [-0.3, -0.25) is 0 Å². The van der Waals surface area contributed by atoms with Crippen molar-refractivity contribution in [3.63, 3.8) is 0 Å². The van der Waals surface area contributed by atoms with E-state index in [0.29, 0.717) is 19.0 Å². The minimum atomic E-state index is -2.42. The molecule has 0 bridgehead atoms. The second-order valence-corrected chi connectivity index (χ2v) is 4.58. The lowest BCUT2D eigenvalue weighted by molar-refractivity contribution is 0.148. The molecule has 1 atom stereocenters. The van der Waals surface area contributed by atoms with Crippen LogP contribution in [-0.4, -0.2) is 17.8 Å². The smallest absolute Gasteiger partial charge is 0.263 e. The number of hydrogen-bond donors (Lipinski definition) is 2. The largest absolute Gasteiger partial charge is 0.392 e. The molecule has 4 heteroatoms. The summed E-state index contributed by atoms with van der Waals surface area (Å²) < 4.78 is 24.9. The molecule has 1 saturated carbocycles. The summed E-state index contributed by atoms with van der Waals surface area (Å²) in [6.45, 7) is 1.05. The molecule has 2 N–H and O–H groups in total. The fraction of sp³-hybridized carbons (Fsp3) is 0.538. The van der Waals surface area contributed by atoms with Gasteiger partial charge in [-0.25, -0.2) is 8.78 Å². The van der Waals surface area contributed by atoms with E-state index in [9.17, 15) is 13.9 Å². The summed E-state index contributed by atoms with van der Waals surface area (Å²) in [5, 5.41) is 12.7. The predicted octanol–water partition coefficient (Wildman–Crippen LogP) is 2.48. The number of rotatable bonds is 6. The molecule has 0 amide bonds. The van der Waals surface area contributed by atoms with Gasteiger partial charge in [-0.2, -0.15) is 0 Å². The summed E-state index contributed by atoms with van der Waals surface area (Å²) in [4.78, 5) is 0. The third kappa shape index (κ3) is 3.75. The molecule has 0 aromatic heterocycles. The number of hydrogen-bond acceptors (Lipinski definition) is 2. The van der Waals surface area contributed by atoms with E-state index in [1.165, 1.54) is 12.1 Å². The van der Waals surface area contributed by atoms with Crippen molar-refractivity contribution in [1.29, 1.82) is 0 Å². The minimum Gasteiger partial charge on any atom is -0.392 e. The third-order valence-electron chi connectivity index (χ3n) is 3.05. The van der Waals surface area contributed by atoms with Crippen LogP contribution < -0.4 is 5.32 Å². The molecule has 0 aliphatic heterocycles. The number of benzene rings is 1. The first kappa shape index (κ1) is 12.5.